The number of halogens is 2. The fraction of sp³-hybridized carbons (Fsp3) is 0. The van der Waals surface area contributed by atoms with Crippen molar-refractivity contribution in [1.82, 2.24) is 0 Å². The molecule has 0 aromatic heterocycles. The molecule has 2 radical (unpaired) electrons. The van der Waals surface area contributed by atoms with Crippen molar-refractivity contribution in [2.24, 2.45) is 0 Å². The van der Waals surface area contributed by atoms with Gasteiger partial charge < -0.3 is 10.6 Å². The standard InChI is InChI=1S/C18H12Cl2N2.2V/c19-13-11-16(21-14-7-3-1-4-8-14)18(20)17(12-13)22-15-9-5-2-6-10-15;;/h1-3,5,7-12,21-22H;;/q-2;;/i1T,2T;;. The SMILES string of the molecule is [3H]c1[c-]cc(Nc2cc(Cl)cc(Nc3c[c-]c([3H])cc3)c2Cl)cc1.[V].[V]. The van der Waals surface area contributed by atoms with Crippen LogP contribution >= 0.6 is 23.2 Å². The van der Waals surface area contributed by atoms with Gasteiger partial charge in [-0.3, -0.25) is 0 Å². The smallest absolute Gasteiger partial charge is 0.0857 e. The first-order valence-electron chi connectivity index (χ1n) is 7.51. The van der Waals surface area contributed by atoms with Crippen LogP contribution in [0, 0.1) is 12.1 Å². The van der Waals surface area contributed by atoms with Gasteiger partial charge in [-0.2, -0.15) is 48.5 Å². The van der Waals surface area contributed by atoms with Crippen molar-refractivity contribution < 1.29 is 39.9 Å². The van der Waals surface area contributed by atoms with Crippen LogP contribution in [0.15, 0.2) is 60.6 Å². The van der Waals surface area contributed by atoms with Crippen LogP contribution in [0.3, 0.4) is 0 Å². The number of nitrogens with one attached hydrogen (secondary N) is 2. The Bertz CT molecular complexity index is 792. The zero-order valence-corrected chi connectivity index (χ0v) is 16.6. The molecule has 3 aromatic carbocycles. The van der Waals surface area contributed by atoms with Crippen molar-refractivity contribution in [3.8, 4) is 0 Å². The van der Waals surface area contributed by atoms with Crippen LogP contribution in [-0.2, 0) is 37.1 Å². The molecule has 0 atom stereocenters. The van der Waals surface area contributed by atoms with E-state index in [0.29, 0.717) is 33.5 Å². The molecule has 0 spiro atoms. The van der Waals surface area contributed by atoms with Gasteiger partial charge in [0.2, 0.25) is 0 Å². The Morgan fingerprint density at radius 2 is 1.29 bits per heavy atom. The van der Waals surface area contributed by atoms with E-state index in [4.69, 9.17) is 25.9 Å². The van der Waals surface area contributed by atoms with Crippen LogP contribution in [0.2, 0.25) is 10.0 Å². The van der Waals surface area contributed by atoms with Gasteiger partial charge in [-0.25, -0.2) is 0 Å². The molecule has 2 nitrogen and oxygen atoms in total. The van der Waals surface area contributed by atoms with Crippen LogP contribution in [0.4, 0.5) is 22.7 Å². The maximum atomic E-state index is 7.47. The van der Waals surface area contributed by atoms with Crippen LogP contribution in [-0.4, -0.2) is 0 Å². The predicted octanol–water partition coefficient (Wildman–Crippen LogP) is 6.08. The Labute approximate surface area is 178 Å². The summed E-state index contributed by atoms with van der Waals surface area (Å²) in [7, 11) is 0. The Kier molecular flexibility index (Phi) is 7.50. The monoisotopic (exact) mass is 432 g/mol. The summed E-state index contributed by atoms with van der Waals surface area (Å²) in [5.74, 6) is 0. The summed E-state index contributed by atoms with van der Waals surface area (Å²) in [6, 6.07) is 19.8. The molecule has 0 saturated carbocycles. The Morgan fingerprint density at radius 1 is 0.833 bits per heavy atom. The number of anilines is 4. The van der Waals surface area contributed by atoms with E-state index >= 15 is 0 Å². The summed E-state index contributed by atoms with van der Waals surface area (Å²) in [6.07, 6.45) is 0. The van der Waals surface area contributed by atoms with Gasteiger partial charge in [0, 0.05) is 56.3 Å². The van der Waals surface area contributed by atoms with E-state index in [1.54, 1.807) is 48.5 Å². The van der Waals surface area contributed by atoms with Gasteiger partial charge in [-0.15, -0.1) is 12.1 Å². The van der Waals surface area contributed by atoms with Crippen LogP contribution in [0.25, 0.3) is 0 Å². The van der Waals surface area contributed by atoms with Gasteiger partial charge >= 0.3 is 0 Å². The third-order valence-corrected chi connectivity index (χ3v) is 3.54. The van der Waals surface area contributed by atoms with Crippen LogP contribution in [0.5, 0.6) is 0 Å². The molecule has 0 bridgehead atoms. The summed E-state index contributed by atoms with van der Waals surface area (Å²) < 4.78 is 14.9. The molecule has 6 heteroatoms. The fourth-order valence-corrected chi connectivity index (χ4v) is 2.35. The topological polar surface area (TPSA) is 24.1 Å². The summed E-state index contributed by atoms with van der Waals surface area (Å²) in [5.41, 5.74) is 2.79. The first kappa shape index (κ1) is 17.8. The Morgan fingerprint density at radius 3 is 1.67 bits per heavy atom. The quantitative estimate of drug-likeness (QED) is 0.488. The largest absolute Gasteiger partial charge is 0.407 e. The van der Waals surface area contributed by atoms with Crippen molar-refractivity contribution in [1.29, 1.82) is 0 Å². The van der Waals surface area contributed by atoms with E-state index in [9.17, 15) is 0 Å². The molecular formula is C18H12Cl2N2V2-2. The first-order valence-corrected chi connectivity index (χ1v) is 7.26. The third-order valence-electron chi connectivity index (χ3n) is 2.91. The van der Waals surface area contributed by atoms with Gasteiger partial charge in [-0.1, -0.05) is 34.6 Å². The molecule has 0 heterocycles. The number of rotatable bonds is 4. The van der Waals surface area contributed by atoms with E-state index in [0.717, 1.165) is 11.4 Å². The van der Waals surface area contributed by atoms with Crippen LogP contribution in [0.1, 0.15) is 2.74 Å². The molecule has 120 valence electrons. The summed E-state index contributed by atoms with van der Waals surface area (Å²) in [6.45, 7) is 0. The van der Waals surface area contributed by atoms with Gasteiger partial charge in [-0.05, 0) is 12.1 Å². The zero-order chi connectivity index (χ0) is 17.1. The number of hydrogen-bond donors (Lipinski definition) is 2. The second kappa shape index (κ2) is 10.1. The minimum absolute atomic E-state index is 0. The van der Waals surface area contributed by atoms with Crippen molar-refractivity contribution in [3.63, 3.8) is 0 Å². The van der Waals surface area contributed by atoms with Crippen molar-refractivity contribution in [2.45, 2.75) is 0 Å². The maximum Gasteiger partial charge on any atom is 0.0857 e. The third kappa shape index (κ3) is 5.53. The van der Waals surface area contributed by atoms with Crippen molar-refractivity contribution in [3.05, 3.63) is 82.8 Å². The minimum Gasteiger partial charge on any atom is -0.407 e. The van der Waals surface area contributed by atoms with Crippen molar-refractivity contribution >= 4 is 46.0 Å². The molecule has 3 rings (SSSR count). The Balaban J connectivity index is 0.00000169. The molecule has 0 aliphatic heterocycles. The maximum absolute atomic E-state index is 7.47. The molecule has 0 saturated heterocycles. The second-order valence-corrected chi connectivity index (χ2v) is 5.32. The van der Waals surface area contributed by atoms with Crippen LogP contribution < -0.4 is 10.6 Å². The van der Waals surface area contributed by atoms with Gasteiger partial charge in [0.05, 0.1) is 5.02 Å². The summed E-state index contributed by atoms with van der Waals surface area (Å²) in [4.78, 5) is 0. The average molecular weight is 433 g/mol. The average Bonchev–Trinajstić information content (AvgIpc) is 2.56. The fourth-order valence-electron chi connectivity index (χ4n) is 1.93. The zero-order valence-electron chi connectivity index (χ0n) is 14.3. The molecule has 2 N–H and O–H groups in total. The molecule has 0 fully saturated rings. The molecule has 0 aliphatic carbocycles. The summed E-state index contributed by atoms with van der Waals surface area (Å²) in [5, 5.41) is 7.33. The predicted molar refractivity (Wildman–Crippen MR) is 93.6 cm³/mol. The molecule has 0 aliphatic rings. The number of hydrogen-bond acceptors (Lipinski definition) is 2. The van der Waals surface area contributed by atoms with E-state index in [1.165, 1.54) is 0 Å². The van der Waals surface area contributed by atoms with Crippen molar-refractivity contribution in [2.75, 3.05) is 10.6 Å². The first-order chi connectivity index (χ1) is 11.5. The van der Waals surface area contributed by atoms with Gasteiger partial charge in [0.1, 0.15) is 0 Å². The minimum atomic E-state index is 0. The van der Waals surface area contributed by atoms with Gasteiger partial charge in [0.25, 0.3) is 0 Å². The van der Waals surface area contributed by atoms with E-state index in [-0.39, 0.29) is 37.1 Å². The molecule has 0 unspecified atom stereocenters. The summed E-state index contributed by atoms with van der Waals surface area (Å²) >= 11 is 12.7. The van der Waals surface area contributed by atoms with E-state index in [1.807, 2.05) is 0 Å². The Hall–Kier alpha value is -0.991. The van der Waals surface area contributed by atoms with E-state index in [2.05, 4.69) is 22.8 Å². The molecule has 24 heavy (non-hydrogen) atoms. The molecular weight excluding hydrogens is 417 g/mol. The van der Waals surface area contributed by atoms with E-state index < -0.39 is 0 Å². The normalized spacial score (nSPS) is 10.6. The molecule has 0 amide bonds. The molecule has 3 aromatic rings. The number of benzene rings is 3. The van der Waals surface area contributed by atoms with Gasteiger partial charge in [0.15, 0.2) is 0 Å². The second-order valence-electron chi connectivity index (χ2n) is 4.51.